The maximum atomic E-state index is 12.8. The van der Waals surface area contributed by atoms with Gasteiger partial charge in [0.25, 0.3) is 5.56 Å². The van der Waals surface area contributed by atoms with Crippen LogP contribution < -0.4 is 14.8 Å². The first-order valence-electron chi connectivity index (χ1n) is 9.13. The molecule has 0 amide bonds. The van der Waals surface area contributed by atoms with Crippen LogP contribution in [0.5, 0.6) is 5.75 Å². The number of furan rings is 1. The lowest BCUT2D eigenvalue weighted by molar-refractivity contribution is 0.415. The molecule has 3 aromatic heterocycles. The molecular formula is C22H13Cl2N3O3S. The Morgan fingerprint density at radius 1 is 1.03 bits per heavy atom. The molecule has 0 bridgehead atoms. The van der Waals surface area contributed by atoms with E-state index in [0.717, 1.165) is 16.9 Å². The lowest BCUT2D eigenvalue weighted by Gasteiger charge is -1.99. The minimum Gasteiger partial charge on any atom is -0.497 e. The summed E-state index contributed by atoms with van der Waals surface area (Å²) in [5, 5.41) is 5.28. The fraction of sp³-hybridized carbons (Fsp3) is 0.0455. The Bertz CT molecular complexity index is 1520. The molecule has 0 aliphatic carbocycles. The van der Waals surface area contributed by atoms with Crippen LogP contribution in [0.1, 0.15) is 5.76 Å². The van der Waals surface area contributed by atoms with Gasteiger partial charge in [0, 0.05) is 17.2 Å². The molecule has 5 rings (SSSR count). The van der Waals surface area contributed by atoms with Crippen molar-refractivity contribution in [3.8, 4) is 28.5 Å². The van der Waals surface area contributed by atoms with Crippen LogP contribution in [0.25, 0.3) is 33.7 Å². The van der Waals surface area contributed by atoms with Crippen LogP contribution in [0.15, 0.2) is 63.8 Å². The number of benzene rings is 2. The van der Waals surface area contributed by atoms with Gasteiger partial charge in [-0.1, -0.05) is 34.5 Å². The molecule has 0 atom stereocenters. The number of thiazole rings is 1. The third-order valence-electron chi connectivity index (χ3n) is 4.63. The fourth-order valence-corrected chi connectivity index (χ4v) is 4.25. The summed E-state index contributed by atoms with van der Waals surface area (Å²) in [5.41, 5.74) is 1.35. The number of hydrogen-bond donors (Lipinski definition) is 0. The van der Waals surface area contributed by atoms with Crippen LogP contribution in [0.2, 0.25) is 10.0 Å². The molecule has 0 aliphatic heterocycles. The molecule has 154 valence electrons. The Morgan fingerprint density at radius 3 is 2.52 bits per heavy atom. The summed E-state index contributed by atoms with van der Waals surface area (Å²) in [6.07, 6.45) is 1.68. The lowest BCUT2D eigenvalue weighted by Crippen LogP contribution is -2.23. The first-order chi connectivity index (χ1) is 15.0. The summed E-state index contributed by atoms with van der Waals surface area (Å²) in [4.78, 5) is 17.8. The van der Waals surface area contributed by atoms with Gasteiger partial charge < -0.3 is 9.15 Å². The number of aromatic nitrogens is 3. The molecule has 0 aliphatic rings. The smallest absolute Gasteiger partial charge is 0.291 e. The van der Waals surface area contributed by atoms with E-state index in [9.17, 15) is 4.79 Å². The standard InChI is InChI=1S/C22H13Cl2N3O3S/c1-29-14-5-2-12(3-6-14)20-25-22-27(26-20)21(28)19(31-22)11-15-7-9-18(30-15)13-4-8-16(23)17(24)10-13/h2-11H,1H3. The number of halogens is 2. The largest absolute Gasteiger partial charge is 0.497 e. The maximum Gasteiger partial charge on any atom is 0.291 e. The van der Waals surface area contributed by atoms with Gasteiger partial charge in [-0.05, 0) is 54.6 Å². The number of rotatable bonds is 4. The first kappa shape index (κ1) is 19.8. The number of methoxy groups -OCH3 is 1. The van der Waals surface area contributed by atoms with E-state index < -0.39 is 0 Å². The number of nitrogens with zero attached hydrogens (tertiary/aromatic N) is 3. The molecule has 2 aromatic carbocycles. The summed E-state index contributed by atoms with van der Waals surface area (Å²) >= 11 is 13.3. The lowest BCUT2D eigenvalue weighted by atomic mass is 10.2. The van der Waals surface area contributed by atoms with E-state index in [1.54, 1.807) is 31.4 Å². The van der Waals surface area contributed by atoms with Gasteiger partial charge in [0.05, 0.1) is 17.2 Å². The normalized spacial score (nSPS) is 12.0. The molecular weight excluding hydrogens is 457 g/mol. The van der Waals surface area contributed by atoms with Crippen molar-refractivity contribution in [2.75, 3.05) is 7.11 Å². The fourth-order valence-electron chi connectivity index (χ4n) is 3.06. The van der Waals surface area contributed by atoms with Crippen molar-refractivity contribution < 1.29 is 9.15 Å². The van der Waals surface area contributed by atoms with Crippen molar-refractivity contribution in [2.24, 2.45) is 0 Å². The van der Waals surface area contributed by atoms with Crippen molar-refractivity contribution in [1.29, 1.82) is 0 Å². The maximum absolute atomic E-state index is 12.8. The van der Waals surface area contributed by atoms with Gasteiger partial charge in [-0.3, -0.25) is 4.79 Å². The zero-order valence-corrected chi connectivity index (χ0v) is 18.3. The molecule has 0 unspecified atom stereocenters. The third kappa shape index (κ3) is 3.72. The molecule has 9 heteroatoms. The Morgan fingerprint density at radius 2 is 1.81 bits per heavy atom. The number of fused-ring (bicyclic) bond motifs is 1. The summed E-state index contributed by atoms with van der Waals surface area (Å²) in [5.74, 6) is 2.39. The van der Waals surface area contributed by atoms with Crippen molar-refractivity contribution >= 4 is 45.6 Å². The van der Waals surface area contributed by atoms with E-state index in [2.05, 4.69) is 10.1 Å². The molecule has 5 aromatic rings. The van der Waals surface area contributed by atoms with Gasteiger partial charge in [0.1, 0.15) is 21.8 Å². The SMILES string of the molecule is COc1ccc(-c2nc3sc(=Cc4ccc(-c5ccc(Cl)c(Cl)c5)o4)c(=O)n3n2)cc1. The predicted octanol–water partition coefficient (Wildman–Crippen LogP) is 4.94. The van der Waals surface area contributed by atoms with E-state index in [4.69, 9.17) is 32.4 Å². The minimum absolute atomic E-state index is 0.250. The highest BCUT2D eigenvalue weighted by molar-refractivity contribution is 7.15. The van der Waals surface area contributed by atoms with Crippen molar-refractivity contribution in [3.05, 3.63) is 85.3 Å². The van der Waals surface area contributed by atoms with Crippen LogP contribution in [-0.2, 0) is 0 Å². The first-order valence-corrected chi connectivity index (χ1v) is 10.7. The summed E-state index contributed by atoms with van der Waals surface area (Å²) in [6.45, 7) is 0. The van der Waals surface area contributed by atoms with E-state index in [1.807, 2.05) is 36.4 Å². The van der Waals surface area contributed by atoms with Gasteiger partial charge in [-0.15, -0.1) is 5.10 Å². The van der Waals surface area contributed by atoms with Crippen LogP contribution in [0.3, 0.4) is 0 Å². The molecule has 3 heterocycles. The molecule has 0 spiro atoms. The predicted molar refractivity (Wildman–Crippen MR) is 122 cm³/mol. The highest BCUT2D eigenvalue weighted by atomic mass is 35.5. The van der Waals surface area contributed by atoms with Crippen molar-refractivity contribution in [3.63, 3.8) is 0 Å². The second kappa shape index (κ2) is 7.85. The molecule has 0 saturated carbocycles. The van der Waals surface area contributed by atoms with E-state index in [0.29, 0.717) is 36.9 Å². The highest BCUT2D eigenvalue weighted by Gasteiger charge is 2.13. The molecule has 31 heavy (non-hydrogen) atoms. The van der Waals surface area contributed by atoms with Crippen molar-refractivity contribution in [2.45, 2.75) is 0 Å². The summed E-state index contributed by atoms with van der Waals surface area (Å²) in [6, 6.07) is 16.2. The van der Waals surface area contributed by atoms with Crippen LogP contribution in [0, 0.1) is 0 Å². The van der Waals surface area contributed by atoms with E-state index >= 15 is 0 Å². The van der Waals surface area contributed by atoms with Crippen LogP contribution in [0.4, 0.5) is 0 Å². The Balaban J connectivity index is 1.48. The summed E-state index contributed by atoms with van der Waals surface area (Å²) < 4.78 is 12.8. The highest BCUT2D eigenvalue weighted by Crippen LogP contribution is 2.29. The Hall–Kier alpha value is -3.13. The number of ether oxygens (including phenoxy) is 1. The minimum atomic E-state index is -0.250. The molecule has 0 saturated heterocycles. The number of hydrogen-bond acceptors (Lipinski definition) is 6. The topological polar surface area (TPSA) is 69.6 Å². The van der Waals surface area contributed by atoms with Gasteiger partial charge in [-0.2, -0.15) is 9.50 Å². The summed E-state index contributed by atoms with van der Waals surface area (Å²) in [7, 11) is 1.61. The van der Waals surface area contributed by atoms with Crippen molar-refractivity contribution in [1.82, 2.24) is 14.6 Å². The van der Waals surface area contributed by atoms with Gasteiger partial charge in [0.15, 0.2) is 5.82 Å². The Labute approximate surface area is 189 Å². The zero-order valence-electron chi connectivity index (χ0n) is 16.0. The van der Waals surface area contributed by atoms with E-state index in [-0.39, 0.29) is 5.56 Å². The zero-order chi connectivity index (χ0) is 21.5. The van der Waals surface area contributed by atoms with Crippen LogP contribution >= 0.6 is 34.5 Å². The Kier molecular flexibility index (Phi) is 5.02. The van der Waals surface area contributed by atoms with Gasteiger partial charge >= 0.3 is 0 Å². The van der Waals surface area contributed by atoms with Crippen LogP contribution in [-0.4, -0.2) is 21.7 Å². The monoisotopic (exact) mass is 469 g/mol. The molecule has 6 nitrogen and oxygen atoms in total. The molecule has 0 N–H and O–H groups in total. The molecule has 0 fully saturated rings. The second-order valence-electron chi connectivity index (χ2n) is 6.60. The van der Waals surface area contributed by atoms with E-state index in [1.165, 1.54) is 15.9 Å². The van der Waals surface area contributed by atoms with Gasteiger partial charge in [0.2, 0.25) is 4.96 Å². The molecule has 0 radical (unpaired) electrons. The van der Waals surface area contributed by atoms with Gasteiger partial charge in [-0.25, -0.2) is 0 Å². The third-order valence-corrected chi connectivity index (χ3v) is 6.33. The quantitative estimate of drug-likeness (QED) is 0.372. The average Bonchev–Trinajstić information content (AvgIpc) is 3.48. The average molecular weight is 470 g/mol. The second-order valence-corrected chi connectivity index (χ2v) is 8.43.